The van der Waals surface area contributed by atoms with Gasteiger partial charge in [0.1, 0.15) is 12.4 Å². The third kappa shape index (κ3) is 4.48. The third-order valence-corrected chi connectivity index (χ3v) is 10.1. The van der Waals surface area contributed by atoms with Crippen LogP contribution in [-0.2, 0) is 28.0 Å². The van der Waals surface area contributed by atoms with E-state index in [0.717, 1.165) is 24.0 Å². The van der Waals surface area contributed by atoms with Gasteiger partial charge >= 0.3 is 6.09 Å². The van der Waals surface area contributed by atoms with Gasteiger partial charge < -0.3 is 19.7 Å². The molecule has 4 aromatic rings. The molecule has 0 unspecified atom stereocenters. The first-order valence-electron chi connectivity index (χ1n) is 15.1. The quantitative estimate of drug-likeness (QED) is 0.285. The molecule has 0 aromatic heterocycles. The largest absolute Gasteiger partial charge is 0.496 e. The summed E-state index contributed by atoms with van der Waals surface area (Å²) in [4.78, 5) is 29.7. The van der Waals surface area contributed by atoms with E-state index in [0.29, 0.717) is 18.8 Å². The Labute approximate surface area is 252 Å². The van der Waals surface area contributed by atoms with Crippen molar-refractivity contribution in [1.82, 2.24) is 10.2 Å². The zero-order valence-corrected chi connectivity index (χ0v) is 24.4. The van der Waals surface area contributed by atoms with Crippen molar-refractivity contribution in [3.63, 3.8) is 0 Å². The molecule has 218 valence electrons. The van der Waals surface area contributed by atoms with Gasteiger partial charge in [-0.1, -0.05) is 103 Å². The Morgan fingerprint density at radius 2 is 1.58 bits per heavy atom. The molecule has 4 aliphatic rings. The summed E-state index contributed by atoms with van der Waals surface area (Å²) in [5.41, 5.74) is 4.58. The molecule has 1 N–H and O–H groups in total. The average Bonchev–Trinajstić information content (AvgIpc) is 3.47. The highest BCUT2D eigenvalue weighted by atomic mass is 16.5. The predicted molar refractivity (Wildman–Crippen MR) is 165 cm³/mol. The third-order valence-electron chi connectivity index (χ3n) is 10.1. The average molecular weight is 573 g/mol. The van der Waals surface area contributed by atoms with Crippen LogP contribution in [0.5, 0.6) is 5.75 Å². The monoisotopic (exact) mass is 572 g/mol. The van der Waals surface area contributed by atoms with Gasteiger partial charge in [-0.15, -0.1) is 0 Å². The number of likely N-dealkylation sites (tertiary alicyclic amines) is 1. The predicted octanol–water partition coefficient (Wildman–Crippen LogP) is 6.24. The number of para-hydroxylation sites is 1. The van der Waals surface area contributed by atoms with Crippen molar-refractivity contribution in [2.24, 2.45) is 5.92 Å². The molecule has 1 saturated heterocycles. The molecule has 4 atom stereocenters. The first-order chi connectivity index (χ1) is 21.0. The number of nitrogens with one attached hydrogen (secondary N) is 1. The van der Waals surface area contributed by atoms with Crippen molar-refractivity contribution in [2.45, 2.75) is 42.7 Å². The van der Waals surface area contributed by atoms with Crippen molar-refractivity contribution >= 4 is 12.0 Å². The van der Waals surface area contributed by atoms with Crippen LogP contribution in [0.3, 0.4) is 0 Å². The van der Waals surface area contributed by atoms with Crippen molar-refractivity contribution in [3.05, 3.63) is 137 Å². The number of benzene rings is 4. The van der Waals surface area contributed by atoms with Gasteiger partial charge in [-0.25, -0.2) is 4.79 Å². The van der Waals surface area contributed by atoms with Crippen LogP contribution in [0.1, 0.15) is 46.6 Å². The second-order valence-electron chi connectivity index (χ2n) is 12.1. The van der Waals surface area contributed by atoms with Gasteiger partial charge in [-0.3, -0.25) is 4.79 Å². The van der Waals surface area contributed by atoms with Gasteiger partial charge in [0.2, 0.25) is 5.91 Å². The van der Waals surface area contributed by atoms with Gasteiger partial charge in [-0.2, -0.15) is 0 Å². The van der Waals surface area contributed by atoms with E-state index in [4.69, 9.17) is 9.47 Å². The van der Waals surface area contributed by atoms with E-state index < -0.39 is 11.6 Å². The number of methoxy groups -OCH3 is 1. The summed E-state index contributed by atoms with van der Waals surface area (Å²) in [5.74, 6) is 0.775. The van der Waals surface area contributed by atoms with Crippen molar-refractivity contribution < 1.29 is 19.1 Å². The first kappa shape index (κ1) is 27.3. The second kappa shape index (κ2) is 10.9. The van der Waals surface area contributed by atoms with Crippen LogP contribution in [0.25, 0.3) is 0 Å². The summed E-state index contributed by atoms with van der Waals surface area (Å²) in [7, 11) is 1.63. The minimum absolute atomic E-state index is 0.0260. The fourth-order valence-electron chi connectivity index (χ4n) is 8.30. The van der Waals surface area contributed by atoms with Gasteiger partial charge in [-0.05, 0) is 41.2 Å². The van der Waals surface area contributed by atoms with Crippen molar-refractivity contribution in [2.75, 3.05) is 20.2 Å². The Balaban J connectivity index is 1.29. The Kier molecular flexibility index (Phi) is 6.92. The molecule has 0 spiro atoms. The number of hydrogen-bond acceptors (Lipinski definition) is 4. The zero-order valence-electron chi connectivity index (χ0n) is 24.4. The molecule has 6 heteroatoms. The van der Waals surface area contributed by atoms with E-state index in [1.54, 1.807) is 7.11 Å². The summed E-state index contributed by atoms with van der Waals surface area (Å²) in [6.45, 7) is 1.17. The number of nitrogens with zero attached hydrogens (tertiary/aromatic N) is 1. The maximum Gasteiger partial charge on any atom is 0.407 e. The molecule has 2 bridgehead atoms. The fraction of sp³-hybridized carbons (Fsp3) is 0.297. The number of fused-ring (bicyclic) bond motifs is 1. The van der Waals surface area contributed by atoms with Crippen molar-refractivity contribution in [3.8, 4) is 5.75 Å². The molecule has 1 saturated carbocycles. The van der Waals surface area contributed by atoms with Crippen LogP contribution in [0, 0.1) is 5.92 Å². The minimum Gasteiger partial charge on any atom is -0.496 e. The van der Waals surface area contributed by atoms with Gasteiger partial charge in [0.05, 0.1) is 19.1 Å². The number of carbonyl (C=O) groups excluding carboxylic acids is 2. The molecular weight excluding hydrogens is 536 g/mol. The number of alkyl carbamates (subject to hydrolysis) is 1. The molecule has 43 heavy (non-hydrogen) atoms. The molecule has 2 fully saturated rings. The van der Waals surface area contributed by atoms with E-state index in [-0.39, 0.29) is 36.2 Å². The van der Waals surface area contributed by atoms with Gasteiger partial charge in [0.15, 0.2) is 0 Å². The molecular formula is C37H36N2O4. The number of carbonyl (C=O) groups is 2. The molecule has 6 nitrogen and oxygen atoms in total. The Bertz CT molecular complexity index is 1640. The highest BCUT2D eigenvalue weighted by molar-refractivity contribution is 5.81. The smallest absolute Gasteiger partial charge is 0.407 e. The maximum absolute atomic E-state index is 14.0. The van der Waals surface area contributed by atoms with E-state index in [9.17, 15) is 9.59 Å². The van der Waals surface area contributed by atoms with Gasteiger partial charge in [0, 0.05) is 35.9 Å². The number of rotatable bonds is 7. The lowest BCUT2D eigenvalue weighted by Crippen LogP contribution is -2.68. The maximum atomic E-state index is 14.0. The molecule has 0 radical (unpaired) electrons. The number of hydrogen-bond donors (Lipinski definition) is 1. The summed E-state index contributed by atoms with van der Waals surface area (Å²) >= 11 is 0. The number of ether oxygens (including phenoxy) is 2. The topological polar surface area (TPSA) is 67.9 Å². The van der Waals surface area contributed by atoms with Crippen molar-refractivity contribution in [1.29, 1.82) is 0 Å². The molecule has 4 aromatic carbocycles. The molecule has 2 amide bonds. The lowest BCUT2D eigenvalue weighted by molar-refractivity contribution is -0.129. The lowest BCUT2D eigenvalue weighted by Gasteiger charge is -2.60. The summed E-state index contributed by atoms with van der Waals surface area (Å²) < 4.78 is 11.4. The minimum atomic E-state index is -0.674. The lowest BCUT2D eigenvalue weighted by atomic mass is 9.45. The van der Waals surface area contributed by atoms with E-state index in [2.05, 4.69) is 53.8 Å². The second-order valence-corrected chi connectivity index (χ2v) is 12.1. The first-order valence-corrected chi connectivity index (χ1v) is 15.1. The molecule has 1 aliphatic heterocycles. The van der Waals surface area contributed by atoms with Gasteiger partial charge in [0.25, 0.3) is 0 Å². The highest BCUT2D eigenvalue weighted by Gasteiger charge is 2.68. The van der Waals surface area contributed by atoms with E-state index in [1.165, 1.54) is 16.7 Å². The summed E-state index contributed by atoms with van der Waals surface area (Å²) in [6.07, 6.45) is 1.67. The van der Waals surface area contributed by atoms with Crippen LogP contribution in [0.4, 0.5) is 4.79 Å². The highest BCUT2D eigenvalue weighted by Crippen LogP contribution is 2.65. The van der Waals surface area contributed by atoms with Crippen LogP contribution in [0.15, 0.2) is 109 Å². The number of amides is 2. The Hall–Kier alpha value is -4.58. The Morgan fingerprint density at radius 1 is 0.884 bits per heavy atom. The van der Waals surface area contributed by atoms with E-state index >= 15 is 0 Å². The van der Waals surface area contributed by atoms with Crippen LogP contribution >= 0.6 is 0 Å². The SMILES string of the molecule is COc1ccccc1CC(=O)N1C[C@H]2[C@@]3(c4ccccc4)CC[C@H](c4ccccc43)[C@@]2(NC(=O)OCc2ccccc2)C1. The summed E-state index contributed by atoms with van der Waals surface area (Å²) in [6, 6.07) is 36.7. The van der Waals surface area contributed by atoms with Crippen LogP contribution in [-0.4, -0.2) is 42.6 Å². The Morgan fingerprint density at radius 3 is 2.37 bits per heavy atom. The fourth-order valence-corrected chi connectivity index (χ4v) is 8.30. The van der Waals surface area contributed by atoms with Crippen LogP contribution in [0.2, 0.25) is 0 Å². The molecule has 1 heterocycles. The zero-order chi connectivity index (χ0) is 29.4. The summed E-state index contributed by atoms with van der Waals surface area (Å²) in [5, 5.41) is 3.42. The molecule has 3 aliphatic carbocycles. The molecule has 8 rings (SSSR count). The standard InChI is InChI=1S/C37H36N2O4/c1-42-32-19-11-8-14-27(32)22-34(40)39-23-33-36(28-15-6-3-7-16-28)21-20-31(29-17-9-10-18-30(29)36)37(33,25-39)38-35(41)43-24-26-12-4-2-5-13-26/h2-19,31,33H,20-25H2,1H3,(H,38,41)/t31-,33+,36-,37+/m1/s1. The normalized spacial score (nSPS) is 25.0. The van der Waals surface area contributed by atoms with Crippen LogP contribution < -0.4 is 10.1 Å². The van der Waals surface area contributed by atoms with E-state index in [1.807, 2.05) is 65.6 Å².